The molecular formula is C12H16O. The average Bonchev–Trinajstić information content (AvgIpc) is 2.67. The van der Waals surface area contributed by atoms with Crippen molar-refractivity contribution in [3.63, 3.8) is 0 Å². The van der Waals surface area contributed by atoms with E-state index in [9.17, 15) is 0 Å². The Morgan fingerprint density at radius 3 is 3.08 bits per heavy atom. The third-order valence-electron chi connectivity index (χ3n) is 3.52. The van der Waals surface area contributed by atoms with Crippen LogP contribution in [0.25, 0.3) is 0 Å². The van der Waals surface area contributed by atoms with Gasteiger partial charge in [-0.15, -0.1) is 0 Å². The first kappa shape index (κ1) is 8.65. The molecule has 3 atom stereocenters. The predicted octanol–water partition coefficient (Wildman–Crippen LogP) is 2.90. The lowest BCUT2D eigenvalue weighted by molar-refractivity contribution is 0.148. The van der Waals surface area contributed by atoms with E-state index in [-0.39, 0.29) is 6.10 Å². The smallest absolute Gasteiger partial charge is 0.125 e. The molecule has 0 bridgehead atoms. The molecule has 0 unspecified atom stereocenters. The van der Waals surface area contributed by atoms with Crippen molar-refractivity contribution in [2.45, 2.75) is 26.4 Å². The molecule has 0 aromatic rings. The summed E-state index contributed by atoms with van der Waals surface area (Å²) in [5.41, 5.74) is 3.11. The van der Waals surface area contributed by atoms with Crippen molar-refractivity contribution < 1.29 is 4.74 Å². The first-order chi connectivity index (χ1) is 6.18. The Hall–Kier alpha value is -0.940. The molecule has 2 aliphatic rings. The van der Waals surface area contributed by atoms with Gasteiger partial charge in [-0.2, -0.15) is 0 Å². The SMILES string of the molecule is C=C=CO[C@H]1C=CC[C@H]2[C@@H]1C2(C)C. The molecule has 1 nitrogen and oxygen atoms in total. The fourth-order valence-electron chi connectivity index (χ4n) is 2.62. The quantitative estimate of drug-likeness (QED) is 0.357. The van der Waals surface area contributed by atoms with Crippen LogP contribution in [0.15, 0.2) is 30.7 Å². The third-order valence-corrected chi connectivity index (χ3v) is 3.52. The van der Waals surface area contributed by atoms with Crippen molar-refractivity contribution in [3.05, 3.63) is 30.7 Å². The molecule has 70 valence electrons. The Balaban J connectivity index is 2.08. The molecule has 2 aliphatic carbocycles. The van der Waals surface area contributed by atoms with E-state index >= 15 is 0 Å². The summed E-state index contributed by atoms with van der Waals surface area (Å²) in [6, 6.07) is 0. The average molecular weight is 176 g/mol. The molecule has 0 spiro atoms. The number of ether oxygens (including phenoxy) is 1. The molecule has 1 saturated carbocycles. The maximum absolute atomic E-state index is 5.54. The van der Waals surface area contributed by atoms with E-state index in [0.717, 1.165) is 5.92 Å². The van der Waals surface area contributed by atoms with Crippen molar-refractivity contribution in [3.8, 4) is 0 Å². The zero-order chi connectivity index (χ0) is 9.47. The molecule has 0 heterocycles. The van der Waals surface area contributed by atoms with E-state index in [4.69, 9.17) is 4.74 Å². The van der Waals surface area contributed by atoms with E-state index in [1.807, 2.05) is 0 Å². The van der Waals surface area contributed by atoms with E-state index in [1.165, 1.54) is 6.42 Å². The fourth-order valence-corrected chi connectivity index (χ4v) is 2.62. The van der Waals surface area contributed by atoms with Gasteiger partial charge in [-0.3, -0.25) is 0 Å². The summed E-state index contributed by atoms with van der Waals surface area (Å²) in [4.78, 5) is 0. The van der Waals surface area contributed by atoms with Crippen LogP contribution in [0.4, 0.5) is 0 Å². The second-order valence-corrected chi connectivity index (χ2v) is 4.54. The maximum atomic E-state index is 5.54. The van der Waals surface area contributed by atoms with Gasteiger partial charge >= 0.3 is 0 Å². The lowest BCUT2D eigenvalue weighted by Gasteiger charge is -2.15. The minimum atomic E-state index is 0.253. The molecule has 0 saturated heterocycles. The first-order valence-corrected chi connectivity index (χ1v) is 4.84. The lowest BCUT2D eigenvalue weighted by Crippen LogP contribution is -2.14. The maximum Gasteiger partial charge on any atom is 0.125 e. The van der Waals surface area contributed by atoms with Gasteiger partial charge in [0.15, 0.2) is 0 Å². The van der Waals surface area contributed by atoms with Gasteiger partial charge in [0.25, 0.3) is 0 Å². The van der Waals surface area contributed by atoms with Crippen molar-refractivity contribution in [1.29, 1.82) is 0 Å². The van der Waals surface area contributed by atoms with Gasteiger partial charge in [0.05, 0.1) is 0 Å². The second kappa shape index (κ2) is 2.78. The van der Waals surface area contributed by atoms with Crippen LogP contribution >= 0.6 is 0 Å². The topological polar surface area (TPSA) is 9.23 Å². The summed E-state index contributed by atoms with van der Waals surface area (Å²) in [5, 5.41) is 0. The van der Waals surface area contributed by atoms with Gasteiger partial charge in [0.1, 0.15) is 12.4 Å². The van der Waals surface area contributed by atoms with Gasteiger partial charge in [0.2, 0.25) is 0 Å². The van der Waals surface area contributed by atoms with E-state index < -0.39 is 0 Å². The van der Waals surface area contributed by atoms with Crippen LogP contribution in [0.5, 0.6) is 0 Å². The van der Waals surface area contributed by atoms with Crippen LogP contribution in [0.3, 0.4) is 0 Å². The Morgan fingerprint density at radius 1 is 1.62 bits per heavy atom. The summed E-state index contributed by atoms with van der Waals surface area (Å²) < 4.78 is 5.54. The molecule has 2 rings (SSSR count). The Morgan fingerprint density at radius 2 is 2.38 bits per heavy atom. The molecule has 0 N–H and O–H groups in total. The minimum Gasteiger partial charge on any atom is -0.485 e. The van der Waals surface area contributed by atoms with Gasteiger partial charge in [-0.25, -0.2) is 0 Å². The molecule has 0 amide bonds. The number of rotatable bonds is 2. The van der Waals surface area contributed by atoms with Crippen LogP contribution < -0.4 is 0 Å². The highest BCUT2D eigenvalue weighted by molar-refractivity contribution is 5.19. The van der Waals surface area contributed by atoms with Gasteiger partial charge in [-0.05, 0) is 23.8 Å². The van der Waals surface area contributed by atoms with Gasteiger partial charge < -0.3 is 4.74 Å². The zero-order valence-corrected chi connectivity index (χ0v) is 8.29. The van der Waals surface area contributed by atoms with Gasteiger partial charge in [0, 0.05) is 5.92 Å². The van der Waals surface area contributed by atoms with E-state index in [1.54, 1.807) is 6.26 Å². The van der Waals surface area contributed by atoms with Crippen LogP contribution in [-0.2, 0) is 4.74 Å². The molecule has 0 aromatic heterocycles. The van der Waals surface area contributed by atoms with E-state index in [0.29, 0.717) is 11.3 Å². The summed E-state index contributed by atoms with van der Waals surface area (Å²) in [7, 11) is 0. The highest BCUT2D eigenvalue weighted by atomic mass is 16.5. The van der Waals surface area contributed by atoms with Crippen LogP contribution in [-0.4, -0.2) is 6.10 Å². The molecule has 1 heteroatoms. The monoisotopic (exact) mass is 176 g/mol. The van der Waals surface area contributed by atoms with Crippen molar-refractivity contribution >= 4 is 0 Å². The highest BCUT2D eigenvalue weighted by Gasteiger charge is 2.61. The van der Waals surface area contributed by atoms with Crippen LogP contribution in [0.1, 0.15) is 20.3 Å². The van der Waals surface area contributed by atoms with Crippen LogP contribution in [0.2, 0.25) is 0 Å². The number of hydrogen-bond acceptors (Lipinski definition) is 1. The van der Waals surface area contributed by atoms with Gasteiger partial charge in [-0.1, -0.05) is 32.2 Å². The Kier molecular flexibility index (Phi) is 1.85. The number of fused-ring (bicyclic) bond motifs is 1. The summed E-state index contributed by atoms with van der Waals surface area (Å²) in [5.74, 6) is 1.52. The summed E-state index contributed by atoms with van der Waals surface area (Å²) in [6.45, 7) is 8.14. The summed E-state index contributed by atoms with van der Waals surface area (Å²) in [6.07, 6.45) is 7.45. The number of hydrogen-bond donors (Lipinski definition) is 0. The first-order valence-electron chi connectivity index (χ1n) is 4.84. The Labute approximate surface area is 79.8 Å². The molecule has 0 radical (unpaired) electrons. The standard InChI is InChI=1S/C12H16O/c1-4-8-13-10-7-5-6-9-11(10)12(9,2)3/h5,7-11H,1,6H2,2-3H3/t9-,10-,11-/m0/s1. The van der Waals surface area contributed by atoms with Crippen LogP contribution in [0, 0.1) is 17.3 Å². The lowest BCUT2D eigenvalue weighted by atomic mass is 10.1. The van der Waals surface area contributed by atoms with Crippen molar-refractivity contribution in [1.82, 2.24) is 0 Å². The molecule has 13 heavy (non-hydrogen) atoms. The molecular weight excluding hydrogens is 160 g/mol. The minimum absolute atomic E-state index is 0.253. The zero-order valence-electron chi connectivity index (χ0n) is 8.29. The molecule has 1 fully saturated rings. The normalized spacial score (nSPS) is 38.8. The number of allylic oxidation sites excluding steroid dienone is 1. The Bertz CT molecular complexity index is 281. The fraction of sp³-hybridized carbons (Fsp3) is 0.583. The third kappa shape index (κ3) is 1.24. The molecule has 0 aliphatic heterocycles. The molecule has 0 aromatic carbocycles. The highest BCUT2D eigenvalue weighted by Crippen LogP contribution is 2.63. The largest absolute Gasteiger partial charge is 0.485 e. The predicted molar refractivity (Wildman–Crippen MR) is 53.1 cm³/mol. The van der Waals surface area contributed by atoms with Crippen molar-refractivity contribution in [2.24, 2.45) is 17.3 Å². The second-order valence-electron chi connectivity index (χ2n) is 4.54. The van der Waals surface area contributed by atoms with E-state index in [2.05, 4.69) is 38.3 Å². The summed E-state index contributed by atoms with van der Waals surface area (Å²) >= 11 is 0. The van der Waals surface area contributed by atoms with Crippen molar-refractivity contribution in [2.75, 3.05) is 0 Å².